The van der Waals surface area contributed by atoms with Crippen LogP contribution in [0.5, 0.6) is 5.88 Å². The molecule has 0 radical (unpaired) electrons. The van der Waals surface area contributed by atoms with E-state index in [2.05, 4.69) is 15.5 Å². The van der Waals surface area contributed by atoms with Gasteiger partial charge in [-0.1, -0.05) is 27.7 Å². The lowest BCUT2D eigenvalue weighted by Crippen LogP contribution is -2.35. The minimum absolute atomic E-state index is 0.0713. The van der Waals surface area contributed by atoms with Gasteiger partial charge in [0.15, 0.2) is 4.90 Å². The highest BCUT2D eigenvalue weighted by Crippen LogP contribution is 2.33. The van der Waals surface area contributed by atoms with Crippen molar-refractivity contribution in [1.29, 1.82) is 0 Å². The second-order valence-corrected chi connectivity index (χ2v) is 9.48. The number of urea groups is 1. The molecule has 31 heavy (non-hydrogen) atoms. The van der Waals surface area contributed by atoms with E-state index >= 15 is 0 Å². The highest BCUT2D eigenvalue weighted by molar-refractivity contribution is 7.90. The molecule has 172 valence electrons. The third-order valence-electron chi connectivity index (χ3n) is 4.69. The smallest absolute Gasteiger partial charge is 0.333 e. The minimum Gasteiger partial charge on any atom is -0.477 e. The van der Waals surface area contributed by atoms with Gasteiger partial charge in [0.1, 0.15) is 6.54 Å². The van der Waals surface area contributed by atoms with Gasteiger partial charge in [0.05, 0.1) is 29.9 Å². The second-order valence-electron chi connectivity index (χ2n) is 7.83. The van der Waals surface area contributed by atoms with Gasteiger partial charge in [-0.2, -0.15) is 10.2 Å². The Hall–Kier alpha value is -2.70. The quantitative estimate of drug-likeness (QED) is 0.656. The zero-order valence-corrected chi connectivity index (χ0v) is 18.5. The first-order valence-electron chi connectivity index (χ1n) is 9.92. The van der Waals surface area contributed by atoms with Crippen molar-refractivity contribution in [2.24, 2.45) is 0 Å². The SMILES string of the molecule is CC(C)c1nn(CC(F)F)c(C(C)C)c1NC(=O)NS(=O)(=O)c1cnn2c1OCCC2. The van der Waals surface area contributed by atoms with E-state index in [1.807, 2.05) is 4.72 Å². The normalized spacial score (nSPS) is 14.1. The molecule has 0 unspecified atom stereocenters. The molecule has 2 aromatic heterocycles. The minimum atomic E-state index is -4.27. The second kappa shape index (κ2) is 8.81. The Balaban J connectivity index is 1.89. The van der Waals surface area contributed by atoms with Gasteiger partial charge in [-0.3, -0.25) is 4.68 Å². The van der Waals surface area contributed by atoms with Crippen LogP contribution in [-0.4, -0.2) is 47.0 Å². The summed E-state index contributed by atoms with van der Waals surface area (Å²) in [6.45, 7) is 7.38. The van der Waals surface area contributed by atoms with Gasteiger partial charge < -0.3 is 10.1 Å². The topological polar surface area (TPSA) is 120 Å². The molecule has 0 saturated carbocycles. The maximum atomic E-state index is 13.0. The van der Waals surface area contributed by atoms with Crippen molar-refractivity contribution in [3.8, 4) is 5.88 Å². The van der Waals surface area contributed by atoms with Crippen LogP contribution in [-0.2, 0) is 23.1 Å². The van der Waals surface area contributed by atoms with Crippen LogP contribution in [0, 0.1) is 0 Å². The van der Waals surface area contributed by atoms with Crippen molar-refractivity contribution in [1.82, 2.24) is 24.3 Å². The number of aromatic nitrogens is 4. The Bertz CT molecular complexity index is 1060. The highest BCUT2D eigenvalue weighted by atomic mass is 32.2. The largest absolute Gasteiger partial charge is 0.477 e. The predicted molar refractivity (Wildman–Crippen MR) is 108 cm³/mol. The predicted octanol–water partition coefficient (Wildman–Crippen LogP) is 2.88. The maximum absolute atomic E-state index is 13.0. The first kappa shape index (κ1) is 23.0. The summed E-state index contributed by atoms with van der Waals surface area (Å²) in [7, 11) is -4.27. The number of nitrogens with one attached hydrogen (secondary N) is 2. The first-order chi connectivity index (χ1) is 14.5. The molecule has 0 atom stereocenters. The summed E-state index contributed by atoms with van der Waals surface area (Å²) in [5, 5.41) is 10.7. The molecule has 1 aliphatic heterocycles. The third kappa shape index (κ3) is 4.81. The van der Waals surface area contributed by atoms with Crippen LogP contribution in [0.3, 0.4) is 0 Å². The Morgan fingerprint density at radius 3 is 2.58 bits per heavy atom. The molecule has 2 amide bonds. The number of carbonyl (C=O) groups is 1. The summed E-state index contributed by atoms with van der Waals surface area (Å²) in [5.41, 5.74) is 1.01. The molecule has 0 saturated heterocycles. The number of hydrogen-bond donors (Lipinski definition) is 2. The Labute approximate surface area is 179 Å². The van der Waals surface area contributed by atoms with Crippen molar-refractivity contribution in [2.75, 3.05) is 11.9 Å². The number of fused-ring (bicyclic) bond motifs is 1. The Kier molecular flexibility index (Phi) is 6.53. The van der Waals surface area contributed by atoms with Crippen LogP contribution in [0.25, 0.3) is 0 Å². The van der Waals surface area contributed by atoms with Crippen molar-refractivity contribution < 1.29 is 26.7 Å². The molecule has 3 heterocycles. The van der Waals surface area contributed by atoms with Gasteiger partial charge in [0.2, 0.25) is 5.88 Å². The summed E-state index contributed by atoms with van der Waals surface area (Å²) in [6.07, 6.45) is -0.815. The monoisotopic (exact) mass is 460 g/mol. The molecule has 3 rings (SSSR count). The van der Waals surface area contributed by atoms with E-state index in [0.29, 0.717) is 31.0 Å². The van der Waals surface area contributed by atoms with Crippen LogP contribution in [0.4, 0.5) is 19.3 Å². The summed E-state index contributed by atoms with van der Waals surface area (Å²) in [5.74, 6) is -0.372. The van der Waals surface area contributed by atoms with Gasteiger partial charge in [-0.05, 0) is 11.8 Å². The van der Waals surface area contributed by atoms with Crippen molar-refractivity contribution in [3.05, 3.63) is 17.6 Å². The molecule has 0 fully saturated rings. The third-order valence-corrected chi connectivity index (χ3v) is 6.00. The fourth-order valence-electron chi connectivity index (χ4n) is 3.43. The standard InChI is InChI=1S/C18H26F2N6O4S/c1-10(2)14-15(16(11(3)4)26(23-14)9-13(19)20)22-18(27)24-31(28,29)12-8-21-25-6-5-7-30-17(12)25/h8,10-11,13H,5-7,9H2,1-4H3,(H2,22,24,27). The number of hydrogen-bond acceptors (Lipinski definition) is 6. The number of aryl methyl sites for hydroxylation is 1. The van der Waals surface area contributed by atoms with Crippen molar-refractivity contribution in [2.45, 2.75) is 70.4 Å². The molecule has 0 aromatic carbocycles. The molecule has 10 nitrogen and oxygen atoms in total. The summed E-state index contributed by atoms with van der Waals surface area (Å²) >= 11 is 0. The van der Waals surface area contributed by atoms with Crippen molar-refractivity contribution >= 4 is 21.7 Å². The van der Waals surface area contributed by atoms with E-state index in [-0.39, 0.29) is 28.3 Å². The molecule has 0 bridgehead atoms. The molecule has 0 spiro atoms. The lowest BCUT2D eigenvalue weighted by atomic mass is 10.0. The number of halogens is 2. The highest BCUT2D eigenvalue weighted by Gasteiger charge is 2.30. The molecule has 13 heteroatoms. The van der Waals surface area contributed by atoms with Gasteiger partial charge in [-0.15, -0.1) is 0 Å². The number of nitrogens with zero attached hydrogens (tertiary/aromatic N) is 4. The van der Waals surface area contributed by atoms with Gasteiger partial charge >= 0.3 is 6.03 Å². The average molecular weight is 461 g/mol. The number of anilines is 1. The summed E-state index contributed by atoms with van der Waals surface area (Å²) in [4.78, 5) is 12.4. The maximum Gasteiger partial charge on any atom is 0.333 e. The van der Waals surface area contributed by atoms with E-state index in [1.165, 1.54) is 4.68 Å². The number of carbonyl (C=O) groups excluding carboxylic acids is 1. The van der Waals surface area contributed by atoms with E-state index in [9.17, 15) is 22.0 Å². The van der Waals surface area contributed by atoms with Gasteiger partial charge in [-0.25, -0.2) is 31.4 Å². The van der Waals surface area contributed by atoms with Crippen LogP contribution in [0.15, 0.2) is 11.1 Å². The zero-order chi connectivity index (χ0) is 22.9. The van der Waals surface area contributed by atoms with Crippen LogP contribution in [0.2, 0.25) is 0 Å². The summed E-state index contributed by atoms with van der Waals surface area (Å²) in [6, 6.07) is -1.03. The number of alkyl halides is 2. The lowest BCUT2D eigenvalue weighted by Gasteiger charge is -2.17. The molecular weight excluding hydrogens is 434 g/mol. The number of amides is 2. The first-order valence-corrected chi connectivity index (χ1v) is 11.4. The number of ether oxygens (including phenoxy) is 1. The molecule has 0 aliphatic carbocycles. The van der Waals surface area contributed by atoms with E-state index in [1.54, 1.807) is 27.7 Å². The Morgan fingerprint density at radius 1 is 1.26 bits per heavy atom. The fraction of sp³-hybridized carbons (Fsp3) is 0.611. The van der Waals surface area contributed by atoms with Crippen LogP contribution in [0.1, 0.15) is 57.3 Å². The van der Waals surface area contributed by atoms with E-state index < -0.39 is 29.0 Å². The van der Waals surface area contributed by atoms with Crippen LogP contribution >= 0.6 is 0 Å². The molecule has 2 aromatic rings. The fourth-order valence-corrected chi connectivity index (χ4v) is 4.41. The van der Waals surface area contributed by atoms with Crippen LogP contribution < -0.4 is 14.8 Å². The van der Waals surface area contributed by atoms with Gasteiger partial charge in [0.25, 0.3) is 16.4 Å². The molecular formula is C18H26F2N6O4S. The summed E-state index contributed by atoms with van der Waals surface area (Å²) < 4.78 is 61.4. The molecule has 1 aliphatic rings. The average Bonchev–Trinajstić information content (AvgIpc) is 3.22. The zero-order valence-electron chi connectivity index (χ0n) is 17.7. The van der Waals surface area contributed by atoms with Gasteiger partial charge in [0, 0.05) is 13.0 Å². The number of rotatable bonds is 7. The number of sulfonamides is 1. The van der Waals surface area contributed by atoms with Crippen molar-refractivity contribution in [3.63, 3.8) is 0 Å². The van der Waals surface area contributed by atoms with E-state index in [0.717, 1.165) is 10.9 Å². The van der Waals surface area contributed by atoms with E-state index in [4.69, 9.17) is 4.74 Å². The Morgan fingerprint density at radius 2 is 1.97 bits per heavy atom. The molecule has 2 N–H and O–H groups in total. The lowest BCUT2D eigenvalue weighted by molar-refractivity contribution is 0.120.